The Labute approximate surface area is 103 Å². The van der Waals surface area contributed by atoms with Crippen LogP contribution in [0.5, 0.6) is 0 Å². The molecule has 2 N–H and O–H groups in total. The highest BCUT2D eigenvalue weighted by Crippen LogP contribution is 2.30. The number of likely N-dealkylation sites (tertiary alicyclic amines) is 1. The van der Waals surface area contributed by atoms with Gasteiger partial charge in [0.25, 0.3) is 0 Å². The van der Waals surface area contributed by atoms with E-state index in [1.54, 1.807) is 0 Å². The van der Waals surface area contributed by atoms with Crippen molar-refractivity contribution in [2.45, 2.75) is 31.7 Å². The van der Waals surface area contributed by atoms with Gasteiger partial charge in [-0.1, -0.05) is 24.3 Å². The molecule has 0 aliphatic carbocycles. The summed E-state index contributed by atoms with van der Waals surface area (Å²) in [6.45, 7) is 2.92. The zero-order chi connectivity index (χ0) is 12.1. The molecule has 3 nitrogen and oxygen atoms in total. The maximum atomic E-state index is 8.88. The van der Waals surface area contributed by atoms with Crippen LogP contribution in [0.1, 0.15) is 36.3 Å². The number of rotatable bonds is 3. The summed E-state index contributed by atoms with van der Waals surface area (Å²) >= 11 is 0. The van der Waals surface area contributed by atoms with Gasteiger partial charge in [0.2, 0.25) is 0 Å². The predicted octanol–water partition coefficient (Wildman–Crippen LogP) is 2.36. The largest absolute Gasteiger partial charge is 0.316 e. The summed E-state index contributed by atoms with van der Waals surface area (Å²) in [5, 5.41) is 8.88. The second-order valence-electron chi connectivity index (χ2n) is 4.96. The molecule has 1 aromatic carbocycles. The Hall–Kier alpha value is -0.900. The minimum Gasteiger partial charge on any atom is -0.316 e. The van der Waals surface area contributed by atoms with Gasteiger partial charge in [-0.15, -0.1) is 0 Å². The predicted molar refractivity (Wildman–Crippen MR) is 69.2 cm³/mol. The number of hydrogen-bond donors (Lipinski definition) is 2. The van der Waals surface area contributed by atoms with Crippen LogP contribution in [0.4, 0.5) is 0 Å². The third-order valence-electron chi connectivity index (χ3n) is 3.72. The van der Waals surface area contributed by atoms with Gasteiger partial charge in [-0.2, -0.15) is 0 Å². The topological polar surface area (TPSA) is 35.5 Å². The molecule has 94 valence electrons. The molecule has 1 saturated heterocycles. The molecule has 1 aliphatic rings. The number of nitrogens with zero attached hydrogens (tertiary/aromatic N) is 1. The number of nitrogens with one attached hydrogen (secondary N) is 1. The lowest BCUT2D eigenvalue weighted by Crippen LogP contribution is -2.19. The molecule has 1 fully saturated rings. The SMILES string of the molecule is CN1CCCC(c2ccccc2CNO)CC1. The molecule has 0 aromatic heterocycles. The van der Waals surface area contributed by atoms with Gasteiger partial charge in [0.05, 0.1) is 0 Å². The first kappa shape index (κ1) is 12.6. The average molecular weight is 234 g/mol. The standard InChI is InChI=1S/C14H22N2O/c1-16-9-4-6-12(8-10-16)14-7-3-2-5-13(14)11-15-17/h2-3,5,7,12,15,17H,4,6,8-11H2,1H3. The molecule has 0 spiro atoms. The van der Waals surface area contributed by atoms with E-state index < -0.39 is 0 Å². The fourth-order valence-corrected chi connectivity index (χ4v) is 2.73. The summed E-state index contributed by atoms with van der Waals surface area (Å²) in [4.78, 5) is 2.41. The van der Waals surface area contributed by atoms with Gasteiger partial charge in [0, 0.05) is 6.54 Å². The first-order chi connectivity index (χ1) is 8.31. The number of hydrogen-bond acceptors (Lipinski definition) is 3. The van der Waals surface area contributed by atoms with Crippen LogP contribution >= 0.6 is 0 Å². The Balaban J connectivity index is 2.14. The summed E-state index contributed by atoms with van der Waals surface area (Å²) in [6, 6.07) is 8.46. The fraction of sp³-hybridized carbons (Fsp3) is 0.571. The van der Waals surface area contributed by atoms with Gasteiger partial charge in [0.1, 0.15) is 0 Å². The van der Waals surface area contributed by atoms with E-state index in [0.717, 1.165) is 0 Å². The number of benzene rings is 1. The maximum Gasteiger partial charge on any atom is 0.0460 e. The Bertz CT molecular complexity index is 354. The van der Waals surface area contributed by atoms with E-state index >= 15 is 0 Å². The van der Waals surface area contributed by atoms with Gasteiger partial charge in [0.15, 0.2) is 0 Å². The fourth-order valence-electron chi connectivity index (χ4n) is 2.73. The minimum absolute atomic E-state index is 0.544. The van der Waals surface area contributed by atoms with Crippen LogP contribution in [0, 0.1) is 0 Å². The van der Waals surface area contributed by atoms with E-state index in [4.69, 9.17) is 5.21 Å². The zero-order valence-corrected chi connectivity index (χ0v) is 10.5. The molecule has 0 bridgehead atoms. The summed E-state index contributed by atoms with van der Waals surface area (Å²) in [7, 11) is 2.20. The molecule has 1 heterocycles. The first-order valence-corrected chi connectivity index (χ1v) is 6.44. The highest BCUT2D eigenvalue weighted by atomic mass is 16.5. The lowest BCUT2D eigenvalue weighted by molar-refractivity contribution is 0.161. The van der Waals surface area contributed by atoms with E-state index in [1.165, 1.54) is 43.5 Å². The van der Waals surface area contributed by atoms with Crippen LogP contribution in [0.25, 0.3) is 0 Å². The van der Waals surface area contributed by atoms with E-state index in [2.05, 4.69) is 35.6 Å². The van der Waals surface area contributed by atoms with E-state index in [9.17, 15) is 0 Å². The smallest absolute Gasteiger partial charge is 0.0460 e. The van der Waals surface area contributed by atoms with Crippen LogP contribution < -0.4 is 5.48 Å². The molecule has 0 saturated carbocycles. The summed E-state index contributed by atoms with van der Waals surface area (Å²) in [5.41, 5.74) is 4.91. The Kier molecular flexibility index (Phi) is 4.54. The van der Waals surface area contributed by atoms with Gasteiger partial charge >= 0.3 is 0 Å². The molecule has 1 unspecified atom stereocenters. The van der Waals surface area contributed by atoms with Gasteiger partial charge in [-0.05, 0) is 56.4 Å². The Morgan fingerprint density at radius 3 is 2.94 bits per heavy atom. The van der Waals surface area contributed by atoms with Crippen molar-refractivity contribution >= 4 is 0 Å². The third-order valence-corrected chi connectivity index (χ3v) is 3.72. The molecular formula is C14H22N2O. The molecule has 3 heteroatoms. The maximum absolute atomic E-state index is 8.88. The minimum atomic E-state index is 0.544. The third kappa shape index (κ3) is 3.28. The normalized spacial score (nSPS) is 22.4. The molecule has 17 heavy (non-hydrogen) atoms. The van der Waals surface area contributed by atoms with Crippen molar-refractivity contribution in [1.82, 2.24) is 10.4 Å². The van der Waals surface area contributed by atoms with Crippen LogP contribution in [0.2, 0.25) is 0 Å². The van der Waals surface area contributed by atoms with Crippen LogP contribution in [0.3, 0.4) is 0 Å². The van der Waals surface area contributed by atoms with E-state index in [0.29, 0.717) is 12.5 Å². The molecular weight excluding hydrogens is 212 g/mol. The van der Waals surface area contributed by atoms with Crippen LogP contribution in [-0.4, -0.2) is 30.2 Å². The van der Waals surface area contributed by atoms with Gasteiger partial charge < -0.3 is 10.1 Å². The van der Waals surface area contributed by atoms with Crippen molar-refractivity contribution in [2.24, 2.45) is 0 Å². The molecule has 1 aliphatic heterocycles. The number of hydroxylamine groups is 1. The van der Waals surface area contributed by atoms with E-state index in [1.807, 2.05) is 6.07 Å². The van der Waals surface area contributed by atoms with Crippen molar-refractivity contribution < 1.29 is 5.21 Å². The summed E-state index contributed by atoms with van der Waals surface area (Å²) in [6.07, 6.45) is 3.74. The highest BCUT2D eigenvalue weighted by Gasteiger charge is 2.18. The molecule has 0 radical (unpaired) electrons. The van der Waals surface area contributed by atoms with Crippen molar-refractivity contribution in [3.8, 4) is 0 Å². The van der Waals surface area contributed by atoms with Gasteiger partial charge in [-0.25, -0.2) is 5.48 Å². The average Bonchev–Trinajstić information content (AvgIpc) is 2.55. The van der Waals surface area contributed by atoms with E-state index in [-0.39, 0.29) is 0 Å². The second kappa shape index (κ2) is 6.15. The summed E-state index contributed by atoms with van der Waals surface area (Å²) < 4.78 is 0. The molecule has 2 rings (SSSR count). The van der Waals surface area contributed by atoms with Crippen molar-refractivity contribution in [3.63, 3.8) is 0 Å². The highest BCUT2D eigenvalue weighted by molar-refractivity contribution is 5.30. The van der Waals surface area contributed by atoms with Crippen molar-refractivity contribution in [2.75, 3.05) is 20.1 Å². The quantitative estimate of drug-likeness (QED) is 0.788. The first-order valence-electron chi connectivity index (χ1n) is 6.44. The van der Waals surface area contributed by atoms with Crippen molar-refractivity contribution in [3.05, 3.63) is 35.4 Å². The van der Waals surface area contributed by atoms with Crippen LogP contribution in [0.15, 0.2) is 24.3 Å². The lowest BCUT2D eigenvalue weighted by atomic mass is 9.88. The molecule has 1 aromatic rings. The monoisotopic (exact) mass is 234 g/mol. The van der Waals surface area contributed by atoms with Crippen LogP contribution in [-0.2, 0) is 6.54 Å². The van der Waals surface area contributed by atoms with Crippen molar-refractivity contribution in [1.29, 1.82) is 0 Å². The molecule has 1 atom stereocenters. The Morgan fingerprint density at radius 1 is 1.29 bits per heavy atom. The Morgan fingerprint density at radius 2 is 2.12 bits per heavy atom. The zero-order valence-electron chi connectivity index (χ0n) is 10.5. The second-order valence-corrected chi connectivity index (χ2v) is 4.96. The lowest BCUT2D eigenvalue weighted by Gasteiger charge is -2.18. The molecule has 0 amide bonds. The summed E-state index contributed by atoms with van der Waals surface area (Å²) in [5.74, 6) is 0.643. The van der Waals surface area contributed by atoms with Gasteiger partial charge in [-0.3, -0.25) is 0 Å².